The van der Waals surface area contributed by atoms with E-state index in [1.807, 2.05) is 42.3 Å². The maximum absolute atomic E-state index is 12.8. The molecule has 1 fully saturated rings. The summed E-state index contributed by atoms with van der Waals surface area (Å²) in [4.78, 5) is 21.1. The number of nitrogens with zero attached hydrogens (tertiary/aromatic N) is 5. The molecule has 2 aromatic rings. The molecular weight excluding hydrogens is 314 g/mol. The molecule has 25 heavy (non-hydrogen) atoms. The smallest absolute Gasteiger partial charge is 0.236 e. The van der Waals surface area contributed by atoms with Gasteiger partial charge in [-0.3, -0.25) is 19.4 Å². The third-order valence-electron chi connectivity index (χ3n) is 4.78. The van der Waals surface area contributed by atoms with Gasteiger partial charge in [0.2, 0.25) is 5.91 Å². The number of carbonyl (C=O) groups excluding carboxylic acids is 1. The van der Waals surface area contributed by atoms with Gasteiger partial charge in [-0.2, -0.15) is 5.10 Å². The summed E-state index contributed by atoms with van der Waals surface area (Å²) >= 11 is 0. The quantitative estimate of drug-likeness (QED) is 0.775. The largest absolute Gasteiger partial charge is 0.339 e. The lowest BCUT2D eigenvalue weighted by Gasteiger charge is -2.37. The summed E-state index contributed by atoms with van der Waals surface area (Å²) in [6, 6.07) is 6.25. The van der Waals surface area contributed by atoms with Crippen molar-refractivity contribution in [2.24, 2.45) is 0 Å². The van der Waals surface area contributed by atoms with Gasteiger partial charge in [0.05, 0.1) is 6.54 Å². The molecule has 3 rings (SSSR count). The van der Waals surface area contributed by atoms with Crippen molar-refractivity contribution >= 4 is 5.91 Å². The van der Waals surface area contributed by atoms with Crippen molar-refractivity contribution in [2.45, 2.75) is 44.8 Å². The van der Waals surface area contributed by atoms with Gasteiger partial charge in [-0.15, -0.1) is 0 Å². The SMILES string of the molecule is CN(CC(=O)N1CCCCC1CCn1cccn1)Cc1cccnc1. The number of likely N-dealkylation sites (N-methyl/N-ethyl adjacent to an activating group) is 1. The molecule has 1 unspecified atom stereocenters. The highest BCUT2D eigenvalue weighted by molar-refractivity contribution is 5.78. The number of amides is 1. The van der Waals surface area contributed by atoms with Crippen molar-refractivity contribution in [2.75, 3.05) is 20.1 Å². The second kappa shape index (κ2) is 8.76. The first-order valence-electron chi connectivity index (χ1n) is 9.07. The van der Waals surface area contributed by atoms with Crippen LogP contribution in [0.1, 0.15) is 31.2 Å². The standard InChI is InChI=1S/C19H27N5O/c1-22(15-17-6-4-9-20-14-17)16-19(25)24-12-3-2-7-18(24)8-13-23-11-5-10-21-23/h4-6,9-11,14,18H,2-3,7-8,12-13,15-16H2,1H3. The van der Waals surface area contributed by atoms with Gasteiger partial charge in [-0.1, -0.05) is 6.07 Å². The third kappa shape index (κ3) is 5.13. The van der Waals surface area contributed by atoms with Crippen LogP contribution in [0.4, 0.5) is 0 Å². The summed E-state index contributed by atoms with van der Waals surface area (Å²) in [6.07, 6.45) is 11.8. The van der Waals surface area contributed by atoms with Crippen LogP contribution in [-0.4, -0.2) is 56.7 Å². The van der Waals surface area contributed by atoms with E-state index in [9.17, 15) is 4.79 Å². The van der Waals surface area contributed by atoms with Crippen LogP contribution in [0.5, 0.6) is 0 Å². The van der Waals surface area contributed by atoms with Crippen molar-refractivity contribution in [1.82, 2.24) is 24.6 Å². The van der Waals surface area contributed by atoms with Gasteiger partial charge in [0.25, 0.3) is 0 Å². The Bertz CT molecular complexity index is 643. The predicted octanol–water partition coefficient (Wildman–Crippen LogP) is 2.18. The van der Waals surface area contributed by atoms with E-state index in [-0.39, 0.29) is 5.91 Å². The molecule has 0 radical (unpaired) electrons. The highest BCUT2D eigenvalue weighted by Crippen LogP contribution is 2.20. The minimum Gasteiger partial charge on any atom is -0.339 e. The molecule has 2 aromatic heterocycles. The number of hydrogen-bond acceptors (Lipinski definition) is 4. The molecule has 0 bridgehead atoms. The number of pyridine rings is 1. The lowest BCUT2D eigenvalue weighted by molar-refractivity contribution is -0.136. The van der Waals surface area contributed by atoms with Crippen LogP contribution in [0, 0.1) is 0 Å². The fourth-order valence-electron chi connectivity index (χ4n) is 3.52. The average molecular weight is 341 g/mol. The van der Waals surface area contributed by atoms with Crippen molar-refractivity contribution < 1.29 is 4.79 Å². The van der Waals surface area contributed by atoms with E-state index < -0.39 is 0 Å². The minimum atomic E-state index is 0.233. The Labute approximate surface area is 149 Å². The Hall–Kier alpha value is -2.21. The van der Waals surface area contributed by atoms with Crippen LogP contribution in [0.3, 0.4) is 0 Å². The monoisotopic (exact) mass is 341 g/mol. The zero-order valence-corrected chi connectivity index (χ0v) is 14.9. The summed E-state index contributed by atoms with van der Waals surface area (Å²) in [7, 11) is 1.99. The highest BCUT2D eigenvalue weighted by Gasteiger charge is 2.27. The van der Waals surface area contributed by atoms with E-state index in [0.29, 0.717) is 12.6 Å². The summed E-state index contributed by atoms with van der Waals surface area (Å²) < 4.78 is 1.95. The van der Waals surface area contributed by atoms with Crippen LogP contribution in [0.25, 0.3) is 0 Å². The molecule has 0 aliphatic carbocycles. The Morgan fingerprint density at radius 2 is 2.24 bits per heavy atom. The molecule has 0 saturated carbocycles. The summed E-state index contributed by atoms with van der Waals surface area (Å²) in [5, 5.41) is 4.26. The lowest BCUT2D eigenvalue weighted by Crippen LogP contribution is -2.47. The normalized spacial score (nSPS) is 17.8. The predicted molar refractivity (Wildman–Crippen MR) is 96.8 cm³/mol. The van der Waals surface area contributed by atoms with E-state index in [2.05, 4.69) is 19.9 Å². The molecule has 0 N–H and O–H groups in total. The maximum Gasteiger partial charge on any atom is 0.236 e. The Balaban J connectivity index is 1.52. The highest BCUT2D eigenvalue weighted by atomic mass is 16.2. The van der Waals surface area contributed by atoms with Gasteiger partial charge in [0.15, 0.2) is 0 Å². The Morgan fingerprint density at radius 1 is 1.32 bits per heavy atom. The average Bonchev–Trinajstić information content (AvgIpc) is 3.14. The first-order chi connectivity index (χ1) is 12.2. The van der Waals surface area contributed by atoms with E-state index >= 15 is 0 Å². The van der Waals surface area contributed by atoms with Crippen LogP contribution < -0.4 is 0 Å². The number of hydrogen-bond donors (Lipinski definition) is 0. The van der Waals surface area contributed by atoms with E-state index in [0.717, 1.165) is 44.5 Å². The molecule has 1 atom stereocenters. The molecule has 6 nitrogen and oxygen atoms in total. The zero-order valence-electron chi connectivity index (χ0n) is 14.9. The first-order valence-corrected chi connectivity index (χ1v) is 9.07. The van der Waals surface area contributed by atoms with Crippen LogP contribution in [0.15, 0.2) is 43.0 Å². The fourth-order valence-corrected chi connectivity index (χ4v) is 3.52. The van der Waals surface area contributed by atoms with Crippen LogP contribution in [-0.2, 0) is 17.9 Å². The van der Waals surface area contributed by atoms with Crippen molar-refractivity contribution in [3.63, 3.8) is 0 Å². The molecule has 1 aliphatic heterocycles. The summed E-state index contributed by atoms with van der Waals surface area (Å²) in [6.45, 7) is 2.94. The Morgan fingerprint density at radius 3 is 3.00 bits per heavy atom. The van der Waals surface area contributed by atoms with Gasteiger partial charge < -0.3 is 4.90 Å². The Kier molecular flexibility index (Phi) is 6.17. The van der Waals surface area contributed by atoms with Gasteiger partial charge in [0.1, 0.15) is 0 Å². The third-order valence-corrected chi connectivity index (χ3v) is 4.78. The number of likely N-dealkylation sites (tertiary alicyclic amines) is 1. The fraction of sp³-hybridized carbons (Fsp3) is 0.526. The molecule has 1 aliphatic rings. The number of aromatic nitrogens is 3. The van der Waals surface area contributed by atoms with Crippen molar-refractivity contribution in [1.29, 1.82) is 0 Å². The lowest BCUT2D eigenvalue weighted by atomic mass is 9.99. The minimum absolute atomic E-state index is 0.233. The van der Waals surface area contributed by atoms with Gasteiger partial charge in [-0.25, -0.2) is 0 Å². The van der Waals surface area contributed by atoms with E-state index in [4.69, 9.17) is 0 Å². The molecule has 0 aromatic carbocycles. The summed E-state index contributed by atoms with van der Waals surface area (Å²) in [5.74, 6) is 0.233. The maximum atomic E-state index is 12.8. The second-order valence-electron chi connectivity index (χ2n) is 6.83. The van der Waals surface area contributed by atoms with Crippen molar-refractivity contribution in [3.8, 4) is 0 Å². The topological polar surface area (TPSA) is 54.3 Å². The van der Waals surface area contributed by atoms with Crippen LogP contribution in [0.2, 0.25) is 0 Å². The molecule has 1 amide bonds. The first kappa shape index (κ1) is 17.6. The van der Waals surface area contributed by atoms with E-state index in [1.54, 1.807) is 12.4 Å². The number of piperidine rings is 1. The second-order valence-corrected chi connectivity index (χ2v) is 6.83. The molecule has 0 spiro atoms. The molecule has 134 valence electrons. The molecule has 3 heterocycles. The molecule has 6 heteroatoms. The van der Waals surface area contributed by atoms with Gasteiger partial charge >= 0.3 is 0 Å². The van der Waals surface area contributed by atoms with Gasteiger partial charge in [-0.05, 0) is 50.4 Å². The van der Waals surface area contributed by atoms with E-state index in [1.165, 1.54) is 6.42 Å². The zero-order chi connectivity index (χ0) is 17.5. The molecule has 1 saturated heterocycles. The van der Waals surface area contributed by atoms with Crippen LogP contribution >= 0.6 is 0 Å². The summed E-state index contributed by atoms with van der Waals surface area (Å²) in [5.41, 5.74) is 1.13. The number of aryl methyl sites for hydroxylation is 1. The van der Waals surface area contributed by atoms with Gasteiger partial charge in [0, 0.05) is 50.5 Å². The molecular formula is C19H27N5O. The van der Waals surface area contributed by atoms with Crippen molar-refractivity contribution in [3.05, 3.63) is 48.5 Å². The number of rotatable bonds is 7. The number of carbonyl (C=O) groups is 1.